The number of benzene rings is 1. The van der Waals surface area contributed by atoms with Crippen molar-refractivity contribution in [3.8, 4) is 0 Å². The molecule has 0 saturated carbocycles. The molecule has 0 saturated heterocycles. The number of imidazole rings is 1. The van der Waals surface area contributed by atoms with E-state index in [0.717, 1.165) is 24.9 Å². The van der Waals surface area contributed by atoms with Crippen molar-refractivity contribution >= 4 is 11.0 Å². The molecule has 1 aromatic carbocycles. The number of aromatic nitrogens is 2. The number of aryl methyl sites for hydroxylation is 1. The minimum atomic E-state index is 0.297. The lowest BCUT2D eigenvalue weighted by Gasteiger charge is -2.09. The summed E-state index contributed by atoms with van der Waals surface area (Å²) in [6, 6.07) is 8.48. The molecule has 15 heavy (non-hydrogen) atoms. The van der Waals surface area contributed by atoms with E-state index in [0.29, 0.717) is 6.04 Å². The van der Waals surface area contributed by atoms with Crippen LogP contribution in [0.3, 0.4) is 0 Å². The van der Waals surface area contributed by atoms with E-state index in [2.05, 4.69) is 22.5 Å². The van der Waals surface area contributed by atoms with E-state index in [-0.39, 0.29) is 0 Å². The SMILES string of the molecule is CCC(N)CCn1cnc2ccccc21. The van der Waals surface area contributed by atoms with Gasteiger partial charge in [-0.2, -0.15) is 0 Å². The zero-order chi connectivity index (χ0) is 10.7. The highest BCUT2D eigenvalue weighted by molar-refractivity contribution is 5.74. The summed E-state index contributed by atoms with van der Waals surface area (Å²) in [6.45, 7) is 3.08. The van der Waals surface area contributed by atoms with Crippen LogP contribution in [0.25, 0.3) is 11.0 Å². The number of hydrogen-bond donors (Lipinski definition) is 1. The van der Waals surface area contributed by atoms with E-state index in [9.17, 15) is 0 Å². The lowest BCUT2D eigenvalue weighted by molar-refractivity contribution is 0.537. The molecular formula is C12H17N3. The third-order valence-electron chi connectivity index (χ3n) is 2.79. The molecule has 0 radical (unpaired) electrons. The average Bonchev–Trinajstić information content (AvgIpc) is 2.69. The van der Waals surface area contributed by atoms with Gasteiger partial charge in [-0.15, -0.1) is 0 Å². The van der Waals surface area contributed by atoms with Gasteiger partial charge in [0.05, 0.1) is 17.4 Å². The summed E-state index contributed by atoms with van der Waals surface area (Å²) in [7, 11) is 0. The number of rotatable bonds is 4. The van der Waals surface area contributed by atoms with E-state index in [4.69, 9.17) is 5.73 Å². The van der Waals surface area contributed by atoms with Crippen molar-refractivity contribution in [3.63, 3.8) is 0 Å². The van der Waals surface area contributed by atoms with E-state index in [1.807, 2.05) is 24.5 Å². The number of para-hydroxylation sites is 2. The zero-order valence-corrected chi connectivity index (χ0v) is 9.06. The minimum absolute atomic E-state index is 0.297. The lowest BCUT2D eigenvalue weighted by Crippen LogP contribution is -2.20. The second-order valence-electron chi connectivity index (χ2n) is 3.88. The Kier molecular flexibility index (Phi) is 3.02. The molecule has 0 bridgehead atoms. The van der Waals surface area contributed by atoms with Crippen LogP contribution in [0.5, 0.6) is 0 Å². The van der Waals surface area contributed by atoms with Gasteiger partial charge in [0, 0.05) is 12.6 Å². The normalized spacial score (nSPS) is 13.2. The molecule has 1 aromatic heterocycles. The second-order valence-corrected chi connectivity index (χ2v) is 3.88. The van der Waals surface area contributed by atoms with Crippen molar-refractivity contribution in [2.75, 3.05) is 0 Å². The first kappa shape index (κ1) is 10.2. The number of fused-ring (bicyclic) bond motifs is 1. The summed E-state index contributed by atoms with van der Waals surface area (Å²) < 4.78 is 2.17. The molecule has 0 amide bonds. The van der Waals surface area contributed by atoms with Crippen LogP contribution in [0.1, 0.15) is 19.8 Å². The van der Waals surface area contributed by atoms with Gasteiger partial charge in [0.2, 0.25) is 0 Å². The van der Waals surface area contributed by atoms with Crippen LogP contribution in [0.4, 0.5) is 0 Å². The number of hydrogen-bond acceptors (Lipinski definition) is 2. The summed E-state index contributed by atoms with van der Waals surface area (Å²) in [6.07, 6.45) is 3.94. The summed E-state index contributed by atoms with van der Waals surface area (Å²) in [5.41, 5.74) is 8.15. The molecule has 80 valence electrons. The maximum atomic E-state index is 5.90. The molecular weight excluding hydrogens is 186 g/mol. The lowest BCUT2D eigenvalue weighted by atomic mass is 10.2. The third-order valence-corrected chi connectivity index (χ3v) is 2.79. The van der Waals surface area contributed by atoms with Crippen LogP contribution >= 0.6 is 0 Å². The predicted octanol–water partition coefficient (Wildman–Crippen LogP) is 2.16. The molecule has 0 aliphatic heterocycles. The monoisotopic (exact) mass is 203 g/mol. The van der Waals surface area contributed by atoms with Gasteiger partial charge >= 0.3 is 0 Å². The fraction of sp³-hybridized carbons (Fsp3) is 0.417. The average molecular weight is 203 g/mol. The van der Waals surface area contributed by atoms with Gasteiger partial charge in [-0.3, -0.25) is 0 Å². The predicted molar refractivity (Wildman–Crippen MR) is 62.6 cm³/mol. The molecule has 2 aromatic rings. The van der Waals surface area contributed by atoms with Gasteiger partial charge in [-0.1, -0.05) is 19.1 Å². The molecule has 1 unspecified atom stereocenters. The Hall–Kier alpha value is -1.35. The second kappa shape index (κ2) is 4.45. The van der Waals surface area contributed by atoms with Crippen LogP contribution in [-0.2, 0) is 6.54 Å². The van der Waals surface area contributed by atoms with Crippen molar-refractivity contribution in [1.29, 1.82) is 0 Å². The Morgan fingerprint density at radius 2 is 2.20 bits per heavy atom. The van der Waals surface area contributed by atoms with Gasteiger partial charge < -0.3 is 10.3 Å². The Bertz CT molecular complexity index is 433. The number of nitrogens with zero attached hydrogens (tertiary/aromatic N) is 2. The molecule has 3 nitrogen and oxygen atoms in total. The highest BCUT2D eigenvalue weighted by atomic mass is 15.0. The van der Waals surface area contributed by atoms with Crippen molar-refractivity contribution in [2.24, 2.45) is 5.73 Å². The first-order valence-corrected chi connectivity index (χ1v) is 5.46. The maximum absolute atomic E-state index is 5.90. The third kappa shape index (κ3) is 2.18. The standard InChI is InChI=1S/C12H17N3/c1-2-10(13)7-8-15-9-14-11-5-3-4-6-12(11)15/h3-6,9-10H,2,7-8,13H2,1H3. The molecule has 1 heterocycles. The van der Waals surface area contributed by atoms with Crippen LogP contribution in [0, 0.1) is 0 Å². The van der Waals surface area contributed by atoms with Crippen molar-refractivity contribution in [3.05, 3.63) is 30.6 Å². The van der Waals surface area contributed by atoms with Gasteiger partial charge in [-0.25, -0.2) is 4.98 Å². The Morgan fingerprint density at radius 1 is 1.40 bits per heavy atom. The molecule has 0 aliphatic carbocycles. The van der Waals surface area contributed by atoms with Crippen LogP contribution in [-0.4, -0.2) is 15.6 Å². The van der Waals surface area contributed by atoms with E-state index in [1.165, 1.54) is 5.52 Å². The van der Waals surface area contributed by atoms with Crippen molar-refractivity contribution < 1.29 is 0 Å². The quantitative estimate of drug-likeness (QED) is 0.827. The Balaban J connectivity index is 2.14. The molecule has 0 spiro atoms. The van der Waals surface area contributed by atoms with Crippen LogP contribution < -0.4 is 5.73 Å². The summed E-state index contributed by atoms with van der Waals surface area (Å²) >= 11 is 0. The van der Waals surface area contributed by atoms with E-state index < -0.39 is 0 Å². The molecule has 2 rings (SSSR count). The first-order valence-electron chi connectivity index (χ1n) is 5.46. The largest absolute Gasteiger partial charge is 0.331 e. The molecule has 1 atom stereocenters. The van der Waals surface area contributed by atoms with Gasteiger partial charge in [0.15, 0.2) is 0 Å². The zero-order valence-electron chi connectivity index (χ0n) is 9.06. The fourth-order valence-corrected chi connectivity index (χ4v) is 1.70. The molecule has 3 heteroatoms. The summed E-state index contributed by atoms with van der Waals surface area (Å²) in [4.78, 5) is 4.34. The van der Waals surface area contributed by atoms with E-state index in [1.54, 1.807) is 0 Å². The Labute approximate surface area is 89.9 Å². The molecule has 0 aliphatic rings. The van der Waals surface area contributed by atoms with Gasteiger partial charge in [-0.05, 0) is 25.0 Å². The van der Waals surface area contributed by atoms with Crippen LogP contribution in [0.15, 0.2) is 30.6 Å². The number of nitrogens with two attached hydrogens (primary N) is 1. The molecule has 0 fully saturated rings. The Morgan fingerprint density at radius 3 is 3.00 bits per heavy atom. The highest BCUT2D eigenvalue weighted by Gasteiger charge is 2.03. The highest BCUT2D eigenvalue weighted by Crippen LogP contribution is 2.12. The summed E-state index contributed by atoms with van der Waals surface area (Å²) in [5.74, 6) is 0. The van der Waals surface area contributed by atoms with Crippen molar-refractivity contribution in [1.82, 2.24) is 9.55 Å². The van der Waals surface area contributed by atoms with E-state index >= 15 is 0 Å². The topological polar surface area (TPSA) is 43.8 Å². The maximum Gasteiger partial charge on any atom is 0.0958 e. The first-order chi connectivity index (χ1) is 7.31. The summed E-state index contributed by atoms with van der Waals surface area (Å²) in [5, 5.41) is 0. The smallest absolute Gasteiger partial charge is 0.0958 e. The van der Waals surface area contributed by atoms with Crippen LogP contribution in [0.2, 0.25) is 0 Å². The minimum Gasteiger partial charge on any atom is -0.331 e. The fourth-order valence-electron chi connectivity index (χ4n) is 1.70. The molecule has 2 N–H and O–H groups in total. The van der Waals surface area contributed by atoms with Gasteiger partial charge in [0.1, 0.15) is 0 Å². The van der Waals surface area contributed by atoms with Gasteiger partial charge in [0.25, 0.3) is 0 Å². The van der Waals surface area contributed by atoms with Crippen molar-refractivity contribution in [2.45, 2.75) is 32.4 Å².